The van der Waals surface area contributed by atoms with Gasteiger partial charge in [0.15, 0.2) is 0 Å². The lowest BCUT2D eigenvalue weighted by molar-refractivity contribution is 0.118. The van der Waals surface area contributed by atoms with Crippen LogP contribution in [0, 0.1) is 0 Å². The van der Waals surface area contributed by atoms with E-state index >= 15 is 0 Å². The quantitative estimate of drug-likeness (QED) is 0.185. The molecule has 85 heavy (non-hydrogen) atoms. The molecule has 0 unspecified atom stereocenters. The Morgan fingerprint density at radius 1 is 0.259 bits per heavy atom. The molecule has 1 N–H and O–H groups in total. The van der Waals surface area contributed by atoms with Crippen LogP contribution in [0.15, 0.2) is 329 Å². The molecule has 0 amide bonds. The van der Waals surface area contributed by atoms with Crippen LogP contribution in [0.4, 0.5) is 34.1 Å². The van der Waals surface area contributed by atoms with Gasteiger partial charge in [0.2, 0.25) is 0 Å². The summed E-state index contributed by atoms with van der Waals surface area (Å²) < 4.78 is 0. The zero-order valence-corrected chi connectivity index (χ0v) is 49.7. The van der Waals surface area contributed by atoms with Gasteiger partial charge in [-0.25, -0.2) is 0 Å². The Morgan fingerprint density at radius 2 is 0.553 bits per heavy atom. The van der Waals surface area contributed by atoms with Crippen molar-refractivity contribution in [2.24, 2.45) is 0 Å². The monoisotopic (exact) mass is 1130 g/mol. The van der Waals surface area contributed by atoms with Gasteiger partial charge in [-0.3, -0.25) is 0 Å². The average molecular weight is 1130 g/mol. The number of aliphatic hydroxyl groups is 1. The Hall–Kier alpha value is -9.10. The van der Waals surface area contributed by atoms with Crippen LogP contribution >= 0.6 is 23.5 Å². The Kier molecular flexibility index (Phi) is 13.8. The second-order valence-electron chi connectivity index (χ2n) is 23.3. The Labute approximate surface area is 509 Å². The third-order valence-electron chi connectivity index (χ3n) is 17.8. The molecule has 0 aliphatic carbocycles. The zero-order valence-electron chi connectivity index (χ0n) is 48.1. The highest BCUT2D eigenvalue weighted by Gasteiger charge is 2.47. The van der Waals surface area contributed by atoms with E-state index in [1.807, 2.05) is 78.5 Å². The number of rotatable bonds is 5. The van der Waals surface area contributed by atoms with Crippen molar-refractivity contribution in [1.82, 2.24) is 0 Å². The van der Waals surface area contributed by atoms with Gasteiger partial charge >= 0.3 is 0 Å². The Bertz CT molecular complexity index is 4270. The molecule has 4 aliphatic rings. The molecule has 16 rings (SSSR count). The van der Waals surface area contributed by atoms with Crippen LogP contribution in [0.2, 0.25) is 0 Å². The molecule has 0 bridgehead atoms. The lowest BCUT2D eigenvalue weighted by Gasteiger charge is -2.45. The fourth-order valence-electron chi connectivity index (χ4n) is 13.8. The normalized spacial score (nSPS) is 15.4. The largest absolute Gasteiger partial charge is 0.376 e. The maximum absolute atomic E-state index is 11.6. The second-order valence-corrected chi connectivity index (χ2v) is 25.4. The summed E-state index contributed by atoms with van der Waals surface area (Å²) in [6.45, 7) is 9.38. The fraction of sp³-hybridized carbons (Fsp3) is 0.100. The average Bonchev–Trinajstić information content (AvgIpc) is 1.15. The van der Waals surface area contributed by atoms with Gasteiger partial charge in [-0.1, -0.05) is 288 Å². The van der Waals surface area contributed by atoms with Crippen molar-refractivity contribution in [2.45, 2.75) is 69.1 Å². The van der Waals surface area contributed by atoms with E-state index in [4.69, 9.17) is 0 Å². The van der Waals surface area contributed by atoms with Gasteiger partial charge in [-0.15, -0.1) is 0 Å². The van der Waals surface area contributed by atoms with E-state index in [1.54, 1.807) is 11.8 Å². The molecule has 4 heterocycles. The van der Waals surface area contributed by atoms with E-state index in [2.05, 4.69) is 280 Å². The number of hydrogen-bond donors (Lipinski definition) is 1. The predicted octanol–water partition coefficient (Wildman–Crippen LogP) is 20.9. The van der Waals surface area contributed by atoms with Gasteiger partial charge in [0.25, 0.3) is 0 Å². The smallest absolute Gasteiger partial charge is 0.142 e. The summed E-state index contributed by atoms with van der Waals surface area (Å²) >= 11 is 3.60. The van der Waals surface area contributed by atoms with Crippen molar-refractivity contribution in [3.05, 3.63) is 371 Å². The van der Waals surface area contributed by atoms with Crippen molar-refractivity contribution in [1.29, 1.82) is 0 Å². The summed E-state index contributed by atoms with van der Waals surface area (Å²) in [5, 5.41) is 11.6. The zero-order chi connectivity index (χ0) is 57.8. The molecule has 0 saturated carbocycles. The minimum absolute atomic E-state index is 0.0124. The third-order valence-corrected chi connectivity index (χ3v) is 20.1. The minimum atomic E-state index is -1.08. The number of benzene rings is 12. The summed E-state index contributed by atoms with van der Waals surface area (Å²) in [6, 6.07) is 110. The van der Waals surface area contributed by atoms with Crippen LogP contribution in [-0.4, -0.2) is 5.11 Å². The number of nitrogens with zero attached hydrogens (tertiary/aromatic N) is 2. The molecule has 0 aromatic heterocycles. The molecular formula is C80H64N2OS2. The molecule has 0 spiro atoms. The maximum atomic E-state index is 11.6. The standard InChI is InChI=1S/C40H31NS.C21H19N.C19H14OS/c1-39(2)31-19-9-12-22-35(31)41(30-17-7-4-8-18-30)36-26-25-29(27-34(36)39)40(28-15-5-3-6-16-28)32-20-10-13-23-37(32)42-38-24-14-11-21-33(38)40;1-21(2)17-12-6-8-14-19(17)22(16-10-4-3-5-11-16)20-15-9-7-13-18(20)21;20-19(14-8-2-1-3-9-14)15-10-4-6-12-17(15)21-18-13-7-5-11-16(18)19/h3-27H,1-2H3;3-15H,1-2H3;1-13,20H. The lowest BCUT2D eigenvalue weighted by atomic mass is 9.63. The number of anilines is 6. The van der Waals surface area contributed by atoms with Crippen molar-refractivity contribution in [2.75, 3.05) is 9.80 Å². The van der Waals surface area contributed by atoms with E-state index in [1.165, 1.54) is 88.4 Å². The van der Waals surface area contributed by atoms with Crippen LogP contribution in [0.3, 0.4) is 0 Å². The summed E-state index contributed by atoms with van der Waals surface area (Å²) in [6.07, 6.45) is 0. The molecule has 5 heteroatoms. The van der Waals surface area contributed by atoms with E-state index in [9.17, 15) is 5.11 Å². The van der Waals surface area contributed by atoms with Gasteiger partial charge in [0.1, 0.15) is 5.60 Å². The Morgan fingerprint density at radius 3 is 0.965 bits per heavy atom. The van der Waals surface area contributed by atoms with Crippen molar-refractivity contribution >= 4 is 57.6 Å². The minimum Gasteiger partial charge on any atom is -0.376 e. The van der Waals surface area contributed by atoms with Gasteiger partial charge in [0.05, 0.1) is 28.2 Å². The summed E-state index contributed by atoms with van der Waals surface area (Å²) in [4.78, 5) is 9.66. The molecular weight excluding hydrogens is 1070 g/mol. The summed E-state index contributed by atoms with van der Waals surface area (Å²) in [7, 11) is 0. The van der Waals surface area contributed by atoms with Crippen molar-refractivity contribution in [3.8, 4) is 0 Å². The van der Waals surface area contributed by atoms with E-state index in [-0.39, 0.29) is 10.8 Å². The molecule has 0 saturated heterocycles. The molecule has 0 radical (unpaired) electrons. The SMILES string of the molecule is CC1(C)c2ccccc2N(c2ccccc2)c2ccc(C3(c4ccccc4)c4ccccc4Sc4ccccc43)cc21.CC1(C)c2ccccc2N(c2ccccc2)c2ccccc21.OC1(c2ccccc2)c2ccccc2Sc2ccccc21. The second kappa shape index (κ2) is 21.8. The van der Waals surface area contributed by atoms with Crippen LogP contribution in [-0.2, 0) is 21.8 Å². The predicted molar refractivity (Wildman–Crippen MR) is 354 cm³/mol. The molecule has 412 valence electrons. The first-order valence-corrected chi connectivity index (χ1v) is 30.9. The van der Waals surface area contributed by atoms with Crippen LogP contribution in [0.5, 0.6) is 0 Å². The fourth-order valence-corrected chi connectivity index (χ4v) is 16.1. The third kappa shape index (κ3) is 8.95. The van der Waals surface area contributed by atoms with Gasteiger partial charge in [-0.2, -0.15) is 0 Å². The number of hydrogen-bond acceptors (Lipinski definition) is 5. The van der Waals surface area contributed by atoms with Gasteiger partial charge < -0.3 is 14.9 Å². The number of para-hydroxylation sites is 5. The molecule has 12 aromatic rings. The van der Waals surface area contributed by atoms with Crippen LogP contribution in [0.25, 0.3) is 0 Å². The van der Waals surface area contributed by atoms with Crippen molar-refractivity contribution < 1.29 is 5.11 Å². The first-order valence-electron chi connectivity index (χ1n) is 29.3. The van der Waals surface area contributed by atoms with Crippen molar-refractivity contribution in [3.63, 3.8) is 0 Å². The van der Waals surface area contributed by atoms with E-state index in [0.717, 1.165) is 26.5 Å². The summed E-state index contributed by atoms with van der Waals surface area (Å²) in [5.74, 6) is 0. The van der Waals surface area contributed by atoms with E-state index in [0.29, 0.717) is 0 Å². The first kappa shape index (κ1) is 53.9. The Balaban J connectivity index is 0.000000125. The molecule has 12 aromatic carbocycles. The first-order chi connectivity index (χ1) is 41.6. The molecule has 0 atom stereocenters. The highest BCUT2D eigenvalue weighted by molar-refractivity contribution is 7.99. The van der Waals surface area contributed by atoms with Crippen LogP contribution in [0.1, 0.15) is 88.9 Å². The summed E-state index contributed by atoms with van der Waals surface area (Å²) in [5.41, 5.74) is 19.2. The van der Waals surface area contributed by atoms with Gasteiger partial charge in [0, 0.05) is 52.9 Å². The highest BCUT2D eigenvalue weighted by atomic mass is 32.2. The lowest BCUT2D eigenvalue weighted by Crippen LogP contribution is -2.36. The molecule has 3 nitrogen and oxygen atoms in total. The van der Waals surface area contributed by atoms with Crippen LogP contribution < -0.4 is 9.80 Å². The molecule has 4 aliphatic heterocycles. The number of fused-ring (bicyclic) bond motifs is 8. The molecule has 0 fully saturated rings. The highest BCUT2D eigenvalue weighted by Crippen LogP contribution is 2.59. The van der Waals surface area contributed by atoms with E-state index < -0.39 is 11.0 Å². The maximum Gasteiger partial charge on any atom is 0.142 e. The van der Waals surface area contributed by atoms with Gasteiger partial charge in [-0.05, 0) is 123 Å². The topological polar surface area (TPSA) is 26.7 Å².